The third kappa shape index (κ3) is 4.46. The maximum atomic E-state index is 13.4. The van der Waals surface area contributed by atoms with Gasteiger partial charge in [0, 0.05) is 24.7 Å². The molecule has 0 saturated heterocycles. The number of nitrogens with one attached hydrogen (secondary N) is 2. The fraction of sp³-hybridized carbons (Fsp3) is 0.133. The van der Waals surface area contributed by atoms with Gasteiger partial charge in [-0.15, -0.1) is 0 Å². The molecule has 0 aliphatic carbocycles. The number of hydrogen-bond acceptors (Lipinski definition) is 4. The summed E-state index contributed by atoms with van der Waals surface area (Å²) in [6.45, 7) is -0.202. The molecule has 0 aliphatic heterocycles. The second-order valence-electron chi connectivity index (χ2n) is 4.82. The molecule has 7 nitrogen and oxygen atoms in total. The van der Waals surface area contributed by atoms with E-state index >= 15 is 0 Å². The van der Waals surface area contributed by atoms with Gasteiger partial charge < -0.3 is 15.7 Å². The van der Waals surface area contributed by atoms with Crippen molar-refractivity contribution in [2.75, 3.05) is 11.9 Å². The summed E-state index contributed by atoms with van der Waals surface area (Å²) in [5, 5.41) is 25.0. The van der Waals surface area contributed by atoms with E-state index < -0.39 is 28.7 Å². The van der Waals surface area contributed by atoms with E-state index in [0.29, 0.717) is 11.6 Å². The van der Waals surface area contributed by atoms with E-state index in [1.165, 1.54) is 24.3 Å². The second-order valence-corrected chi connectivity index (χ2v) is 4.82. The number of carbonyl (C=O) groups is 1. The average Bonchev–Trinajstić information content (AvgIpc) is 2.55. The number of non-ortho nitro benzene ring substituents is 1. The van der Waals surface area contributed by atoms with E-state index in [2.05, 4.69) is 10.6 Å². The van der Waals surface area contributed by atoms with Gasteiger partial charge in [-0.2, -0.15) is 0 Å². The highest BCUT2D eigenvalue weighted by molar-refractivity contribution is 5.89. The Morgan fingerprint density at radius 3 is 2.46 bits per heavy atom. The highest BCUT2D eigenvalue weighted by atomic mass is 19.1. The van der Waals surface area contributed by atoms with Crippen molar-refractivity contribution in [2.45, 2.75) is 6.10 Å². The molecule has 1 atom stereocenters. The predicted molar refractivity (Wildman–Crippen MR) is 81.4 cm³/mol. The van der Waals surface area contributed by atoms with Crippen LogP contribution in [0.3, 0.4) is 0 Å². The first-order chi connectivity index (χ1) is 11.4. The standard InChI is InChI=1S/C15H13F2N3O4/c16-10-3-6-13(12(17)7-10)19-15(22)18-8-14(21)9-1-4-11(5-2-9)20(23)24/h1-7,14,21H,8H2,(H2,18,19,22). The first-order valence-electron chi connectivity index (χ1n) is 6.79. The summed E-state index contributed by atoms with van der Waals surface area (Å²) in [7, 11) is 0. The second kappa shape index (κ2) is 7.47. The lowest BCUT2D eigenvalue weighted by Crippen LogP contribution is -2.32. The Morgan fingerprint density at radius 2 is 1.88 bits per heavy atom. The quantitative estimate of drug-likeness (QED) is 0.576. The van der Waals surface area contributed by atoms with Crippen LogP contribution in [-0.2, 0) is 0 Å². The van der Waals surface area contributed by atoms with Gasteiger partial charge in [-0.05, 0) is 29.8 Å². The lowest BCUT2D eigenvalue weighted by atomic mass is 10.1. The number of benzene rings is 2. The Labute approximate surface area is 135 Å². The highest BCUT2D eigenvalue weighted by Gasteiger charge is 2.13. The number of amides is 2. The molecule has 3 N–H and O–H groups in total. The number of aliphatic hydroxyl groups is 1. The van der Waals surface area contributed by atoms with Crippen molar-refractivity contribution < 1.29 is 23.6 Å². The Balaban J connectivity index is 1.89. The number of nitrogens with zero attached hydrogens (tertiary/aromatic N) is 1. The summed E-state index contributed by atoms with van der Waals surface area (Å²) in [5.74, 6) is -1.70. The maximum Gasteiger partial charge on any atom is 0.319 e. The molecule has 2 aromatic rings. The normalized spacial score (nSPS) is 11.6. The van der Waals surface area contributed by atoms with Crippen molar-refractivity contribution in [3.63, 3.8) is 0 Å². The van der Waals surface area contributed by atoms with Crippen LogP contribution < -0.4 is 10.6 Å². The number of anilines is 1. The molecule has 126 valence electrons. The Morgan fingerprint density at radius 1 is 1.21 bits per heavy atom. The first kappa shape index (κ1) is 17.3. The van der Waals surface area contributed by atoms with Crippen LogP contribution in [0.5, 0.6) is 0 Å². The van der Waals surface area contributed by atoms with Crippen LogP contribution in [0.2, 0.25) is 0 Å². The average molecular weight is 337 g/mol. The van der Waals surface area contributed by atoms with Gasteiger partial charge >= 0.3 is 6.03 Å². The lowest BCUT2D eigenvalue weighted by molar-refractivity contribution is -0.384. The van der Waals surface area contributed by atoms with Crippen molar-refractivity contribution in [3.05, 3.63) is 69.8 Å². The van der Waals surface area contributed by atoms with Crippen LogP contribution in [0.1, 0.15) is 11.7 Å². The van der Waals surface area contributed by atoms with E-state index in [-0.39, 0.29) is 17.9 Å². The topological polar surface area (TPSA) is 104 Å². The van der Waals surface area contributed by atoms with Crippen molar-refractivity contribution in [2.24, 2.45) is 0 Å². The molecule has 0 spiro atoms. The Hall–Kier alpha value is -3.07. The van der Waals surface area contributed by atoms with Gasteiger partial charge in [0.25, 0.3) is 5.69 Å². The van der Waals surface area contributed by atoms with Gasteiger partial charge in [-0.1, -0.05) is 0 Å². The number of rotatable bonds is 5. The minimum absolute atomic E-state index is 0.122. The SMILES string of the molecule is O=C(NCC(O)c1ccc([N+](=O)[O-])cc1)Nc1ccc(F)cc1F. The van der Waals surface area contributed by atoms with E-state index in [0.717, 1.165) is 12.1 Å². The van der Waals surface area contributed by atoms with E-state index in [1.807, 2.05) is 0 Å². The van der Waals surface area contributed by atoms with Gasteiger partial charge in [0.1, 0.15) is 11.6 Å². The lowest BCUT2D eigenvalue weighted by Gasteiger charge is -2.13. The van der Waals surface area contributed by atoms with Crippen LogP contribution >= 0.6 is 0 Å². The van der Waals surface area contributed by atoms with Crippen LogP contribution in [0.25, 0.3) is 0 Å². The summed E-state index contributed by atoms with van der Waals surface area (Å²) in [6.07, 6.45) is -1.10. The molecular weight excluding hydrogens is 324 g/mol. The summed E-state index contributed by atoms with van der Waals surface area (Å²) >= 11 is 0. The number of carbonyl (C=O) groups excluding carboxylic acids is 1. The summed E-state index contributed by atoms with van der Waals surface area (Å²) in [4.78, 5) is 21.6. The molecule has 0 heterocycles. The minimum Gasteiger partial charge on any atom is -0.387 e. The summed E-state index contributed by atoms with van der Waals surface area (Å²) < 4.78 is 26.2. The molecule has 0 aromatic heterocycles. The predicted octanol–water partition coefficient (Wildman–Crippen LogP) is 2.73. The third-order valence-corrected chi connectivity index (χ3v) is 3.12. The number of nitro benzene ring substituents is 1. The zero-order chi connectivity index (χ0) is 17.7. The molecule has 2 aromatic carbocycles. The molecule has 0 saturated carbocycles. The van der Waals surface area contributed by atoms with Gasteiger partial charge in [0.2, 0.25) is 0 Å². The fourth-order valence-corrected chi connectivity index (χ4v) is 1.88. The number of aliphatic hydroxyl groups excluding tert-OH is 1. The van der Waals surface area contributed by atoms with Crippen LogP contribution in [-0.4, -0.2) is 22.6 Å². The van der Waals surface area contributed by atoms with Crippen molar-refractivity contribution in [1.29, 1.82) is 0 Å². The zero-order valence-electron chi connectivity index (χ0n) is 12.2. The monoisotopic (exact) mass is 337 g/mol. The Kier molecular flexibility index (Phi) is 5.38. The highest BCUT2D eigenvalue weighted by Crippen LogP contribution is 2.18. The zero-order valence-corrected chi connectivity index (χ0v) is 12.2. The largest absolute Gasteiger partial charge is 0.387 e. The molecule has 0 radical (unpaired) electrons. The summed E-state index contributed by atoms with van der Waals surface area (Å²) in [5.41, 5.74) is 0.0380. The fourth-order valence-electron chi connectivity index (χ4n) is 1.88. The molecule has 1 unspecified atom stereocenters. The molecule has 2 amide bonds. The van der Waals surface area contributed by atoms with Gasteiger partial charge in [0.05, 0.1) is 16.7 Å². The maximum absolute atomic E-state index is 13.4. The first-order valence-corrected chi connectivity index (χ1v) is 6.79. The summed E-state index contributed by atoms with van der Waals surface area (Å²) in [6, 6.07) is 7.08. The van der Waals surface area contributed by atoms with E-state index in [4.69, 9.17) is 0 Å². The van der Waals surface area contributed by atoms with Crippen LogP contribution in [0.4, 0.5) is 25.0 Å². The van der Waals surface area contributed by atoms with Crippen LogP contribution in [0, 0.1) is 21.7 Å². The molecule has 24 heavy (non-hydrogen) atoms. The van der Waals surface area contributed by atoms with E-state index in [9.17, 15) is 28.8 Å². The number of urea groups is 1. The van der Waals surface area contributed by atoms with Crippen molar-refractivity contribution in [3.8, 4) is 0 Å². The third-order valence-electron chi connectivity index (χ3n) is 3.12. The van der Waals surface area contributed by atoms with Crippen molar-refractivity contribution >= 4 is 17.4 Å². The van der Waals surface area contributed by atoms with Gasteiger partial charge in [-0.25, -0.2) is 13.6 Å². The van der Waals surface area contributed by atoms with Crippen molar-refractivity contribution in [1.82, 2.24) is 5.32 Å². The Bertz CT molecular complexity index is 753. The smallest absolute Gasteiger partial charge is 0.319 e. The number of halogens is 2. The molecule has 2 rings (SSSR count). The number of nitro groups is 1. The molecule has 0 fully saturated rings. The number of hydrogen-bond donors (Lipinski definition) is 3. The minimum atomic E-state index is -1.10. The van der Waals surface area contributed by atoms with E-state index in [1.54, 1.807) is 0 Å². The molecule has 0 aliphatic rings. The van der Waals surface area contributed by atoms with Gasteiger partial charge in [0.15, 0.2) is 0 Å². The molecule has 9 heteroatoms. The van der Waals surface area contributed by atoms with Crippen LogP contribution in [0.15, 0.2) is 42.5 Å². The molecular formula is C15H13F2N3O4. The van der Waals surface area contributed by atoms with Gasteiger partial charge in [-0.3, -0.25) is 10.1 Å². The molecule has 0 bridgehead atoms.